The Morgan fingerprint density at radius 2 is 1.81 bits per heavy atom. The molecular weight excluding hydrogens is 464 g/mol. The number of pyridine rings is 1. The number of hydrogen-bond donors (Lipinski definition) is 3. The Hall–Kier alpha value is -2.10. The van der Waals surface area contributed by atoms with Crippen molar-refractivity contribution < 1.29 is 47.3 Å². The molecular formula is C19H21NO10P2. The van der Waals surface area contributed by atoms with Gasteiger partial charge in [0.15, 0.2) is 0 Å². The van der Waals surface area contributed by atoms with Crippen molar-refractivity contribution in [3.05, 3.63) is 59.9 Å². The maximum atomic E-state index is 12.9. The van der Waals surface area contributed by atoms with Crippen molar-refractivity contribution in [3.63, 3.8) is 0 Å². The second-order valence-electron chi connectivity index (χ2n) is 7.46. The van der Waals surface area contributed by atoms with Crippen molar-refractivity contribution in [1.82, 2.24) is 4.98 Å². The predicted octanol–water partition coefficient (Wildman–Crippen LogP) is 3.45. The van der Waals surface area contributed by atoms with Gasteiger partial charge in [-0.15, -0.1) is 0 Å². The Morgan fingerprint density at radius 1 is 1.12 bits per heavy atom. The number of nitrogens with zero attached hydrogens (tertiary/aromatic N) is 1. The summed E-state index contributed by atoms with van der Waals surface area (Å²) in [7, 11) is -10.3. The Kier molecular flexibility index (Phi) is 6.26. The minimum Gasteiger partial charge on any atom is -0.431 e. The summed E-state index contributed by atoms with van der Waals surface area (Å²) in [5.41, 5.74) is 0.108. The van der Waals surface area contributed by atoms with E-state index in [4.69, 9.17) is 18.5 Å². The summed E-state index contributed by atoms with van der Waals surface area (Å²) in [4.78, 5) is 36.8. The minimum absolute atomic E-state index is 0.106. The molecule has 1 aliphatic carbocycles. The van der Waals surface area contributed by atoms with Crippen molar-refractivity contribution in [2.45, 2.75) is 43.2 Å². The van der Waals surface area contributed by atoms with E-state index in [1.54, 1.807) is 0 Å². The maximum Gasteiger partial charge on any atom is 0.514 e. The van der Waals surface area contributed by atoms with Crippen LogP contribution in [0.25, 0.3) is 0 Å². The lowest BCUT2D eigenvalue weighted by atomic mass is 9.96. The van der Waals surface area contributed by atoms with Crippen LogP contribution in [0.2, 0.25) is 0 Å². The first-order chi connectivity index (χ1) is 15.1. The number of aliphatic hydroxyl groups is 1. The monoisotopic (exact) mass is 485 g/mol. The molecule has 2 unspecified atom stereocenters. The van der Waals surface area contributed by atoms with Crippen molar-refractivity contribution in [2.24, 2.45) is 0 Å². The summed E-state index contributed by atoms with van der Waals surface area (Å²) in [5.74, 6) is -0.153. The van der Waals surface area contributed by atoms with Gasteiger partial charge < -0.3 is 24.4 Å². The molecule has 2 aromatic rings. The number of ether oxygens (including phenoxy) is 2. The van der Waals surface area contributed by atoms with Crippen molar-refractivity contribution in [2.75, 3.05) is 0 Å². The fourth-order valence-electron chi connectivity index (χ4n) is 3.20. The molecule has 2 atom stereocenters. The molecule has 1 saturated carbocycles. The first-order valence-corrected chi connectivity index (χ1v) is 12.9. The maximum absolute atomic E-state index is 12.9. The smallest absolute Gasteiger partial charge is 0.431 e. The van der Waals surface area contributed by atoms with Gasteiger partial charge in [0, 0.05) is 18.8 Å². The van der Waals surface area contributed by atoms with Gasteiger partial charge >= 0.3 is 21.3 Å². The van der Waals surface area contributed by atoms with Crippen LogP contribution in [-0.2, 0) is 29.3 Å². The zero-order valence-electron chi connectivity index (χ0n) is 16.6. The number of aromatic nitrogens is 1. The molecule has 11 nitrogen and oxygen atoms in total. The third-order valence-electron chi connectivity index (χ3n) is 5.23. The van der Waals surface area contributed by atoms with E-state index in [0.29, 0.717) is 0 Å². The molecule has 13 heteroatoms. The molecule has 2 aliphatic rings. The standard InChI is InChI=1S/C19H21NO10P2/c21-18(27-14-6-3-7-14)28-16-9-2-1-8-15(16)17-29-31(23,24)19(22,32(25,26)30-17)11-13-5-4-10-20-12-13/h1-2,4-5,8-10,12,14,17,22H,3,6-7,11H2,(H,23,24)(H,25,26). The van der Waals surface area contributed by atoms with Crippen LogP contribution in [0.3, 0.4) is 0 Å². The van der Waals surface area contributed by atoms with Gasteiger partial charge in [-0.05, 0) is 37.0 Å². The average Bonchev–Trinajstić information content (AvgIpc) is 2.70. The van der Waals surface area contributed by atoms with E-state index in [1.165, 1.54) is 48.8 Å². The third kappa shape index (κ3) is 4.38. The Morgan fingerprint density at radius 3 is 2.41 bits per heavy atom. The highest BCUT2D eigenvalue weighted by molar-refractivity contribution is 7.73. The molecule has 3 N–H and O–H groups in total. The Balaban J connectivity index is 1.59. The van der Waals surface area contributed by atoms with E-state index in [1.807, 2.05) is 0 Å². The summed E-state index contributed by atoms with van der Waals surface area (Å²) >= 11 is 0. The van der Waals surface area contributed by atoms with Gasteiger partial charge in [-0.25, -0.2) is 4.79 Å². The van der Waals surface area contributed by atoms with Crippen molar-refractivity contribution in [1.29, 1.82) is 0 Å². The largest absolute Gasteiger partial charge is 0.514 e. The molecule has 4 rings (SSSR count). The van der Waals surface area contributed by atoms with Gasteiger partial charge in [-0.2, -0.15) is 0 Å². The molecule has 2 heterocycles. The van der Waals surface area contributed by atoms with Crippen LogP contribution in [0.5, 0.6) is 5.75 Å². The molecule has 0 amide bonds. The van der Waals surface area contributed by atoms with Gasteiger partial charge in [-0.1, -0.05) is 24.3 Å². The first kappa shape index (κ1) is 23.1. The molecule has 172 valence electrons. The molecule has 0 spiro atoms. The minimum atomic E-state index is -5.17. The molecule has 32 heavy (non-hydrogen) atoms. The second kappa shape index (κ2) is 8.68. The molecule has 2 fully saturated rings. The van der Waals surface area contributed by atoms with E-state index >= 15 is 0 Å². The van der Waals surface area contributed by atoms with E-state index < -0.39 is 39.1 Å². The van der Waals surface area contributed by atoms with Gasteiger partial charge in [0.25, 0.3) is 5.08 Å². The number of hydrogen-bond acceptors (Lipinski definition) is 9. The highest BCUT2D eigenvalue weighted by atomic mass is 31.2. The molecule has 1 aliphatic heterocycles. The van der Waals surface area contributed by atoms with Crippen LogP contribution in [0.15, 0.2) is 48.8 Å². The van der Waals surface area contributed by atoms with Gasteiger partial charge in [0.1, 0.15) is 11.9 Å². The zero-order chi connectivity index (χ0) is 23.0. The van der Waals surface area contributed by atoms with Crippen LogP contribution in [0.4, 0.5) is 4.79 Å². The topological polar surface area (TPSA) is 162 Å². The number of carbonyl (C=O) groups excluding carboxylic acids is 1. The molecule has 1 aromatic carbocycles. The SMILES string of the molecule is O=C(Oc1ccccc1C1OP(=O)(O)C(O)(Cc2cccnc2)P(=O)(O)O1)OC1CCC1. The van der Waals surface area contributed by atoms with E-state index in [0.717, 1.165) is 19.3 Å². The fourth-order valence-corrected chi connectivity index (χ4v) is 6.77. The van der Waals surface area contributed by atoms with Crippen molar-refractivity contribution >= 4 is 21.3 Å². The number of para-hydroxylation sites is 1. The Bertz CT molecular complexity index is 1060. The van der Waals surface area contributed by atoms with Gasteiger partial charge in [0.2, 0.25) is 6.29 Å². The van der Waals surface area contributed by atoms with Crippen LogP contribution in [0.1, 0.15) is 36.7 Å². The Labute approximate surface area is 183 Å². The lowest BCUT2D eigenvalue weighted by Crippen LogP contribution is -2.38. The average molecular weight is 485 g/mol. The highest BCUT2D eigenvalue weighted by Crippen LogP contribution is 2.79. The van der Waals surface area contributed by atoms with Crippen LogP contribution >= 0.6 is 15.2 Å². The van der Waals surface area contributed by atoms with Crippen LogP contribution < -0.4 is 4.74 Å². The highest BCUT2D eigenvalue weighted by Gasteiger charge is 2.67. The zero-order valence-corrected chi connectivity index (χ0v) is 18.4. The lowest BCUT2D eigenvalue weighted by Gasteiger charge is -2.41. The van der Waals surface area contributed by atoms with E-state index in [-0.39, 0.29) is 23.0 Å². The molecule has 1 saturated heterocycles. The molecule has 1 aromatic heterocycles. The van der Waals surface area contributed by atoms with E-state index in [9.17, 15) is 28.8 Å². The fraction of sp³-hybridized carbons (Fsp3) is 0.368. The summed E-state index contributed by atoms with van der Waals surface area (Å²) in [6.07, 6.45) is 1.26. The summed E-state index contributed by atoms with van der Waals surface area (Å²) < 4.78 is 46.3. The third-order valence-corrected chi connectivity index (χ3v) is 9.83. The summed E-state index contributed by atoms with van der Waals surface area (Å²) in [6, 6.07) is 8.59. The quantitative estimate of drug-likeness (QED) is 0.323. The van der Waals surface area contributed by atoms with Crippen molar-refractivity contribution in [3.8, 4) is 5.75 Å². The van der Waals surface area contributed by atoms with Gasteiger partial charge in [-0.3, -0.25) is 23.2 Å². The number of benzene rings is 1. The molecule has 0 radical (unpaired) electrons. The predicted molar refractivity (Wildman–Crippen MR) is 109 cm³/mol. The van der Waals surface area contributed by atoms with Crippen LogP contribution in [-0.4, -0.2) is 37.2 Å². The lowest BCUT2D eigenvalue weighted by molar-refractivity contribution is -0.0590. The number of carbonyl (C=O) groups is 1. The summed E-state index contributed by atoms with van der Waals surface area (Å²) in [6.45, 7) is 0. The first-order valence-electron chi connectivity index (χ1n) is 9.72. The van der Waals surface area contributed by atoms with Gasteiger partial charge in [0.05, 0.1) is 5.56 Å². The number of rotatable bonds is 5. The second-order valence-corrected chi connectivity index (χ2v) is 11.8. The normalized spacial score (nSPS) is 32.7. The molecule has 0 bridgehead atoms. The van der Waals surface area contributed by atoms with E-state index in [2.05, 4.69) is 4.98 Å². The summed E-state index contributed by atoms with van der Waals surface area (Å²) in [5, 5.41) is 7.66. The van der Waals surface area contributed by atoms with Crippen LogP contribution in [0, 0.1) is 0 Å².